The Hall–Kier alpha value is -1.37. The molecule has 1 aliphatic heterocycles. The van der Waals surface area contributed by atoms with Crippen LogP contribution in [0, 0.1) is 30.6 Å². The summed E-state index contributed by atoms with van der Waals surface area (Å²) in [5.74, 6) is 3.11. The maximum absolute atomic E-state index is 12.6. The van der Waals surface area contributed by atoms with Crippen molar-refractivity contribution in [1.82, 2.24) is 14.9 Å². The fourth-order valence-corrected chi connectivity index (χ4v) is 5.25. The van der Waals surface area contributed by atoms with Gasteiger partial charge in [-0.1, -0.05) is 13.8 Å². The van der Waals surface area contributed by atoms with Crippen molar-refractivity contribution < 1.29 is 13.2 Å². The van der Waals surface area contributed by atoms with Gasteiger partial charge in [-0.05, 0) is 49.9 Å². The van der Waals surface area contributed by atoms with Gasteiger partial charge in [0, 0.05) is 31.6 Å². The zero-order valence-corrected chi connectivity index (χ0v) is 16.7. The highest BCUT2D eigenvalue weighted by Gasteiger charge is 2.44. The van der Waals surface area contributed by atoms with Gasteiger partial charge in [0.2, 0.25) is 0 Å². The number of anilines is 1. The van der Waals surface area contributed by atoms with Crippen LogP contribution in [0.3, 0.4) is 0 Å². The highest BCUT2D eigenvalue weighted by molar-refractivity contribution is 5.45. The number of halogens is 3. The third-order valence-electron chi connectivity index (χ3n) is 6.43. The van der Waals surface area contributed by atoms with Crippen LogP contribution in [0.15, 0.2) is 6.33 Å². The van der Waals surface area contributed by atoms with Gasteiger partial charge in [-0.3, -0.25) is 4.90 Å². The number of hydrogen-bond acceptors (Lipinski definition) is 4. The summed E-state index contributed by atoms with van der Waals surface area (Å²) in [5.41, 5.74) is 2.22. The molecule has 0 bridgehead atoms. The van der Waals surface area contributed by atoms with E-state index in [1.807, 2.05) is 7.05 Å². The van der Waals surface area contributed by atoms with Crippen LogP contribution in [0.4, 0.5) is 19.0 Å². The van der Waals surface area contributed by atoms with E-state index in [4.69, 9.17) is 0 Å². The molecule has 3 unspecified atom stereocenters. The summed E-state index contributed by atoms with van der Waals surface area (Å²) >= 11 is 0. The molecule has 1 saturated carbocycles. The summed E-state index contributed by atoms with van der Waals surface area (Å²) < 4.78 is 37.9. The first-order valence-electron chi connectivity index (χ1n) is 9.96. The molecule has 3 atom stereocenters. The second-order valence-corrected chi connectivity index (χ2v) is 8.74. The number of nitrogens with one attached hydrogen (secondary N) is 1. The lowest BCUT2D eigenvalue weighted by molar-refractivity contribution is -0.144. The standard InChI is InChI=1S/C20H31F3N4/c1-12(2)17(18-13(3)19(24-4)26-11-25-18)7-14-5-15-8-27(9-16(15)6-14)10-20(21,22)23/h11-12,14-17H,5-10H2,1-4H3,(H,24,25,26). The van der Waals surface area contributed by atoms with Gasteiger partial charge in [0.25, 0.3) is 0 Å². The molecule has 152 valence electrons. The first kappa shape index (κ1) is 20.4. The van der Waals surface area contributed by atoms with E-state index in [1.54, 1.807) is 11.2 Å². The van der Waals surface area contributed by atoms with Crippen molar-refractivity contribution in [3.63, 3.8) is 0 Å². The van der Waals surface area contributed by atoms with E-state index < -0.39 is 12.7 Å². The van der Waals surface area contributed by atoms with Crippen molar-refractivity contribution in [2.24, 2.45) is 23.7 Å². The van der Waals surface area contributed by atoms with Crippen molar-refractivity contribution in [3.8, 4) is 0 Å². The van der Waals surface area contributed by atoms with Crippen LogP contribution < -0.4 is 5.32 Å². The Kier molecular flexibility index (Phi) is 5.99. The molecular formula is C20H31F3N4. The minimum absolute atomic E-state index is 0.357. The van der Waals surface area contributed by atoms with E-state index in [0.717, 1.165) is 36.3 Å². The number of aromatic nitrogens is 2. The quantitative estimate of drug-likeness (QED) is 0.785. The van der Waals surface area contributed by atoms with Crippen LogP contribution in [-0.4, -0.2) is 47.7 Å². The van der Waals surface area contributed by atoms with Crippen molar-refractivity contribution in [1.29, 1.82) is 0 Å². The van der Waals surface area contributed by atoms with E-state index in [1.165, 1.54) is 0 Å². The van der Waals surface area contributed by atoms with Crippen LogP contribution in [0.1, 0.15) is 50.3 Å². The average molecular weight is 384 g/mol. The van der Waals surface area contributed by atoms with Crippen molar-refractivity contribution in [2.45, 2.75) is 52.1 Å². The van der Waals surface area contributed by atoms with E-state index in [-0.39, 0.29) is 0 Å². The predicted molar refractivity (Wildman–Crippen MR) is 101 cm³/mol. The summed E-state index contributed by atoms with van der Waals surface area (Å²) in [4.78, 5) is 10.5. The smallest absolute Gasteiger partial charge is 0.373 e. The Morgan fingerprint density at radius 3 is 2.33 bits per heavy atom. The Balaban J connectivity index is 1.64. The van der Waals surface area contributed by atoms with E-state index in [0.29, 0.717) is 42.7 Å². The summed E-state index contributed by atoms with van der Waals surface area (Å²) in [6.07, 6.45) is 0.694. The molecule has 0 aromatic carbocycles. The van der Waals surface area contributed by atoms with Crippen LogP contribution in [0.5, 0.6) is 0 Å². The second kappa shape index (κ2) is 7.94. The third kappa shape index (κ3) is 4.73. The number of rotatable bonds is 6. The lowest BCUT2D eigenvalue weighted by atomic mass is 9.81. The molecule has 1 saturated heterocycles. The predicted octanol–water partition coefficient (Wildman–Crippen LogP) is 4.48. The van der Waals surface area contributed by atoms with E-state index >= 15 is 0 Å². The van der Waals surface area contributed by atoms with Crippen LogP contribution >= 0.6 is 0 Å². The molecule has 1 N–H and O–H groups in total. The topological polar surface area (TPSA) is 41.1 Å². The van der Waals surface area contributed by atoms with Crippen molar-refractivity contribution in [2.75, 3.05) is 32.0 Å². The molecular weight excluding hydrogens is 353 g/mol. The van der Waals surface area contributed by atoms with Crippen molar-refractivity contribution in [3.05, 3.63) is 17.6 Å². The zero-order chi connectivity index (χ0) is 19.8. The lowest BCUT2D eigenvalue weighted by Gasteiger charge is -2.27. The summed E-state index contributed by atoms with van der Waals surface area (Å²) in [6.45, 7) is 6.96. The molecule has 0 radical (unpaired) electrons. The molecule has 0 amide bonds. The van der Waals surface area contributed by atoms with Gasteiger partial charge in [0.15, 0.2) is 0 Å². The number of nitrogens with zero attached hydrogens (tertiary/aromatic N) is 3. The fourth-order valence-electron chi connectivity index (χ4n) is 5.25. The van der Waals surface area contributed by atoms with Gasteiger partial charge < -0.3 is 5.32 Å². The average Bonchev–Trinajstić information content (AvgIpc) is 3.09. The number of likely N-dealkylation sites (tertiary alicyclic amines) is 1. The zero-order valence-electron chi connectivity index (χ0n) is 16.7. The van der Waals surface area contributed by atoms with E-state index in [2.05, 4.69) is 36.1 Å². The molecule has 27 heavy (non-hydrogen) atoms. The Morgan fingerprint density at radius 1 is 1.19 bits per heavy atom. The van der Waals surface area contributed by atoms with Gasteiger partial charge in [-0.15, -0.1) is 0 Å². The fraction of sp³-hybridized carbons (Fsp3) is 0.800. The lowest BCUT2D eigenvalue weighted by Crippen LogP contribution is -2.33. The Bertz CT molecular complexity index is 633. The van der Waals surface area contributed by atoms with Gasteiger partial charge in [0.1, 0.15) is 12.1 Å². The van der Waals surface area contributed by atoms with E-state index in [9.17, 15) is 13.2 Å². The number of hydrogen-bond donors (Lipinski definition) is 1. The molecule has 7 heteroatoms. The monoisotopic (exact) mass is 384 g/mol. The molecule has 3 rings (SSSR count). The summed E-state index contributed by atoms with van der Waals surface area (Å²) in [7, 11) is 1.87. The molecule has 2 fully saturated rings. The highest BCUT2D eigenvalue weighted by Crippen LogP contribution is 2.46. The largest absolute Gasteiger partial charge is 0.401 e. The van der Waals surface area contributed by atoms with Gasteiger partial charge in [-0.25, -0.2) is 9.97 Å². The minimum Gasteiger partial charge on any atom is -0.373 e. The van der Waals surface area contributed by atoms with Crippen LogP contribution in [-0.2, 0) is 0 Å². The summed E-state index contributed by atoms with van der Waals surface area (Å²) in [5, 5.41) is 3.13. The molecule has 4 nitrogen and oxygen atoms in total. The highest BCUT2D eigenvalue weighted by atomic mass is 19.4. The molecule has 1 aromatic heterocycles. The van der Waals surface area contributed by atoms with Gasteiger partial charge in [-0.2, -0.15) is 13.2 Å². The van der Waals surface area contributed by atoms with Gasteiger partial charge >= 0.3 is 6.18 Å². The molecule has 0 spiro atoms. The normalized spacial score (nSPS) is 27.2. The maximum atomic E-state index is 12.6. The SMILES string of the molecule is CNc1ncnc(C(CC2CC3CN(CC(F)(F)F)CC3C2)C(C)C)c1C. The minimum atomic E-state index is -4.09. The maximum Gasteiger partial charge on any atom is 0.401 e. The first-order valence-corrected chi connectivity index (χ1v) is 9.96. The molecule has 1 aliphatic carbocycles. The van der Waals surface area contributed by atoms with Crippen LogP contribution in [0.25, 0.3) is 0 Å². The molecule has 2 aliphatic rings. The molecule has 2 heterocycles. The Labute approximate surface area is 160 Å². The van der Waals surface area contributed by atoms with Gasteiger partial charge in [0.05, 0.1) is 12.2 Å². The first-order chi connectivity index (χ1) is 12.7. The Morgan fingerprint density at radius 2 is 1.81 bits per heavy atom. The number of fused-ring (bicyclic) bond motifs is 1. The summed E-state index contributed by atoms with van der Waals surface area (Å²) in [6, 6.07) is 0. The number of alkyl halides is 3. The van der Waals surface area contributed by atoms with Crippen molar-refractivity contribution >= 4 is 5.82 Å². The third-order valence-corrected chi connectivity index (χ3v) is 6.43. The molecule has 1 aromatic rings. The van der Waals surface area contributed by atoms with Crippen LogP contribution in [0.2, 0.25) is 0 Å². The second-order valence-electron chi connectivity index (χ2n) is 8.74.